The maximum absolute atomic E-state index is 5.84. The Bertz CT molecular complexity index is 706. The first kappa shape index (κ1) is 12.3. The van der Waals surface area contributed by atoms with E-state index < -0.39 is 0 Å². The van der Waals surface area contributed by atoms with Gasteiger partial charge in [-0.05, 0) is 47.2 Å². The van der Waals surface area contributed by atoms with Gasteiger partial charge in [-0.15, -0.1) is 11.3 Å². The highest BCUT2D eigenvalue weighted by molar-refractivity contribution is 7.17. The predicted molar refractivity (Wildman–Crippen MR) is 82.0 cm³/mol. The van der Waals surface area contributed by atoms with Crippen LogP contribution in [0.3, 0.4) is 0 Å². The van der Waals surface area contributed by atoms with Crippen molar-refractivity contribution < 1.29 is 4.74 Å². The summed E-state index contributed by atoms with van der Waals surface area (Å²) in [5.74, 6) is 0.819. The van der Waals surface area contributed by atoms with Crippen molar-refractivity contribution >= 4 is 38.7 Å². The minimum atomic E-state index is 0.547. The number of fused-ring (bicyclic) bond motifs is 1. The number of anilines is 1. The van der Waals surface area contributed by atoms with Crippen molar-refractivity contribution in [1.29, 1.82) is 0 Å². The lowest BCUT2D eigenvalue weighted by molar-refractivity contribution is 0.308. The molecule has 4 heteroatoms. The normalized spacial score (nSPS) is 10.8. The third-order valence-corrected chi connectivity index (χ3v) is 4.13. The quantitative estimate of drug-likeness (QED) is 0.708. The molecule has 1 aromatic heterocycles. The van der Waals surface area contributed by atoms with Crippen molar-refractivity contribution in [2.24, 2.45) is 0 Å². The van der Waals surface area contributed by atoms with Crippen LogP contribution in [0.4, 0.5) is 5.69 Å². The Morgan fingerprint density at radius 2 is 1.89 bits per heavy atom. The molecule has 0 atom stereocenters. The lowest BCUT2D eigenvalue weighted by atomic mass is 10.2. The molecule has 19 heavy (non-hydrogen) atoms. The van der Waals surface area contributed by atoms with Gasteiger partial charge in [-0.3, -0.25) is 0 Å². The fourth-order valence-corrected chi connectivity index (χ4v) is 3.02. The van der Waals surface area contributed by atoms with Crippen LogP contribution in [0.2, 0.25) is 5.02 Å². The topological polar surface area (TPSA) is 35.2 Å². The van der Waals surface area contributed by atoms with Crippen molar-refractivity contribution in [1.82, 2.24) is 0 Å². The molecule has 96 valence electrons. The van der Waals surface area contributed by atoms with Crippen molar-refractivity contribution in [3.05, 3.63) is 58.4 Å². The van der Waals surface area contributed by atoms with Crippen LogP contribution in [0.15, 0.2) is 47.8 Å². The number of rotatable bonds is 3. The molecule has 0 fully saturated rings. The lowest BCUT2D eigenvalue weighted by Crippen LogP contribution is -1.94. The number of halogens is 1. The first-order valence-corrected chi connectivity index (χ1v) is 7.12. The molecule has 2 N–H and O–H groups in total. The standard InChI is InChI=1S/C15H12ClNOS/c16-11-1-4-13(5-2-11)18-8-10-9-19-15-7-12(17)3-6-14(10)15/h1-7,9H,8,17H2. The Hall–Kier alpha value is -1.71. The zero-order valence-electron chi connectivity index (χ0n) is 10.1. The molecule has 0 aliphatic carbocycles. The zero-order valence-corrected chi connectivity index (χ0v) is 11.7. The van der Waals surface area contributed by atoms with Crippen LogP contribution in [-0.4, -0.2) is 0 Å². The lowest BCUT2D eigenvalue weighted by Gasteiger charge is -2.05. The number of ether oxygens (including phenoxy) is 1. The molecule has 0 bridgehead atoms. The molecule has 0 aliphatic heterocycles. The molecule has 0 spiro atoms. The van der Waals surface area contributed by atoms with E-state index in [1.54, 1.807) is 11.3 Å². The summed E-state index contributed by atoms with van der Waals surface area (Å²) in [6.07, 6.45) is 0. The van der Waals surface area contributed by atoms with Gasteiger partial charge in [0.15, 0.2) is 0 Å². The van der Waals surface area contributed by atoms with E-state index in [0.29, 0.717) is 11.6 Å². The Kier molecular flexibility index (Phi) is 3.32. The minimum absolute atomic E-state index is 0.547. The number of hydrogen-bond donors (Lipinski definition) is 1. The monoisotopic (exact) mass is 289 g/mol. The average molecular weight is 290 g/mol. The third-order valence-electron chi connectivity index (χ3n) is 2.89. The molecule has 0 amide bonds. The van der Waals surface area contributed by atoms with E-state index in [2.05, 4.69) is 5.38 Å². The molecule has 1 heterocycles. The summed E-state index contributed by atoms with van der Waals surface area (Å²) in [6.45, 7) is 0.547. The van der Waals surface area contributed by atoms with Gasteiger partial charge in [0.25, 0.3) is 0 Å². The highest BCUT2D eigenvalue weighted by atomic mass is 35.5. The fourth-order valence-electron chi connectivity index (χ4n) is 1.90. The molecule has 0 unspecified atom stereocenters. The highest BCUT2D eigenvalue weighted by Crippen LogP contribution is 2.28. The maximum Gasteiger partial charge on any atom is 0.119 e. The smallest absolute Gasteiger partial charge is 0.119 e. The second kappa shape index (κ2) is 5.11. The van der Waals surface area contributed by atoms with Gasteiger partial charge < -0.3 is 10.5 Å². The van der Waals surface area contributed by atoms with Crippen LogP contribution in [-0.2, 0) is 6.61 Å². The molecule has 0 saturated carbocycles. The number of hydrogen-bond acceptors (Lipinski definition) is 3. The van der Waals surface area contributed by atoms with Crippen LogP contribution in [0.25, 0.3) is 10.1 Å². The van der Waals surface area contributed by atoms with E-state index in [1.165, 1.54) is 15.6 Å². The van der Waals surface area contributed by atoms with Gasteiger partial charge in [-0.25, -0.2) is 0 Å². The second-order valence-electron chi connectivity index (χ2n) is 4.26. The van der Waals surface area contributed by atoms with Crippen LogP contribution in [0, 0.1) is 0 Å². The molecule has 3 rings (SSSR count). The van der Waals surface area contributed by atoms with Crippen molar-refractivity contribution in [2.75, 3.05) is 5.73 Å². The highest BCUT2D eigenvalue weighted by Gasteiger charge is 2.05. The van der Waals surface area contributed by atoms with Gasteiger partial charge >= 0.3 is 0 Å². The van der Waals surface area contributed by atoms with Crippen LogP contribution >= 0.6 is 22.9 Å². The zero-order chi connectivity index (χ0) is 13.2. The second-order valence-corrected chi connectivity index (χ2v) is 5.61. The molecule has 0 saturated heterocycles. The van der Waals surface area contributed by atoms with E-state index in [0.717, 1.165) is 11.4 Å². The van der Waals surface area contributed by atoms with E-state index in [1.807, 2.05) is 42.5 Å². The maximum atomic E-state index is 5.84. The first-order valence-electron chi connectivity index (χ1n) is 5.86. The van der Waals surface area contributed by atoms with E-state index in [-0.39, 0.29) is 0 Å². The largest absolute Gasteiger partial charge is 0.489 e. The van der Waals surface area contributed by atoms with Gasteiger partial charge in [0.2, 0.25) is 0 Å². The summed E-state index contributed by atoms with van der Waals surface area (Å²) in [5, 5.41) is 4.02. The summed E-state index contributed by atoms with van der Waals surface area (Å²) in [5.41, 5.74) is 7.74. The van der Waals surface area contributed by atoms with Crippen molar-refractivity contribution in [2.45, 2.75) is 6.61 Å². The van der Waals surface area contributed by atoms with Gasteiger partial charge in [-0.2, -0.15) is 0 Å². The molecular formula is C15H12ClNOS. The number of nitrogen functional groups attached to an aromatic ring is 1. The Morgan fingerprint density at radius 3 is 2.68 bits per heavy atom. The third kappa shape index (κ3) is 2.67. The molecule has 0 radical (unpaired) electrons. The first-order chi connectivity index (χ1) is 9.22. The molecular weight excluding hydrogens is 278 g/mol. The van der Waals surface area contributed by atoms with Crippen LogP contribution in [0.5, 0.6) is 5.75 Å². The number of benzene rings is 2. The van der Waals surface area contributed by atoms with E-state index >= 15 is 0 Å². The molecule has 2 aromatic carbocycles. The summed E-state index contributed by atoms with van der Waals surface area (Å²) in [7, 11) is 0. The fraction of sp³-hybridized carbons (Fsp3) is 0.0667. The van der Waals surface area contributed by atoms with Gasteiger partial charge in [0, 0.05) is 21.0 Å². The Labute approximate surface area is 120 Å². The number of nitrogens with two attached hydrogens (primary N) is 1. The minimum Gasteiger partial charge on any atom is -0.489 e. The van der Waals surface area contributed by atoms with Gasteiger partial charge in [-0.1, -0.05) is 17.7 Å². The van der Waals surface area contributed by atoms with E-state index in [4.69, 9.17) is 22.1 Å². The van der Waals surface area contributed by atoms with E-state index in [9.17, 15) is 0 Å². The summed E-state index contributed by atoms with van der Waals surface area (Å²) >= 11 is 7.52. The Morgan fingerprint density at radius 1 is 1.11 bits per heavy atom. The average Bonchev–Trinajstić information content (AvgIpc) is 2.80. The van der Waals surface area contributed by atoms with Gasteiger partial charge in [0.1, 0.15) is 12.4 Å². The SMILES string of the molecule is Nc1ccc2c(COc3ccc(Cl)cc3)csc2c1. The van der Waals surface area contributed by atoms with Crippen LogP contribution in [0.1, 0.15) is 5.56 Å². The summed E-state index contributed by atoms with van der Waals surface area (Å²) < 4.78 is 6.95. The van der Waals surface area contributed by atoms with Crippen molar-refractivity contribution in [3.8, 4) is 5.75 Å². The summed E-state index contributed by atoms with van der Waals surface area (Å²) in [4.78, 5) is 0. The molecule has 2 nitrogen and oxygen atoms in total. The Balaban J connectivity index is 1.80. The molecule has 3 aromatic rings. The molecule has 0 aliphatic rings. The van der Waals surface area contributed by atoms with Crippen LogP contribution < -0.4 is 10.5 Å². The van der Waals surface area contributed by atoms with Crippen molar-refractivity contribution in [3.63, 3.8) is 0 Å². The summed E-state index contributed by atoms with van der Waals surface area (Å²) in [6, 6.07) is 13.3. The van der Waals surface area contributed by atoms with Gasteiger partial charge in [0.05, 0.1) is 0 Å². The number of thiophene rings is 1. The predicted octanol–water partition coefficient (Wildman–Crippen LogP) is 4.72.